The Balaban J connectivity index is 1.75. The number of hydrogen-bond donors (Lipinski definition) is 1. The monoisotopic (exact) mass is 337 g/mol. The molecule has 0 fully saturated rings. The molecule has 2 aromatic rings. The van der Waals surface area contributed by atoms with Crippen molar-refractivity contribution in [3.63, 3.8) is 0 Å². The SMILES string of the molecule is Fc1cccc(Br)c1NCC1CSc2ccccc21. The molecule has 1 nitrogen and oxygen atoms in total. The van der Waals surface area contributed by atoms with Gasteiger partial charge in [0.05, 0.1) is 5.69 Å². The lowest BCUT2D eigenvalue weighted by atomic mass is 10.0. The molecule has 1 aliphatic heterocycles. The van der Waals surface area contributed by atoms with E-state index in [0.717, 1.165) is 16.8 Å². The maximum absolute atomic E-state index is 13.7. The Kier molecular flexibility index (Phi) is 3.80. The zero-order valence-electron chi connectivity index (χ0n) is 10.2. The third-order valence-electron chi connectivity index (χ3n) is 3.29. The Labute approximate surface area is 124 Å². The molecule has 4 heteroatoms. The summed E-state index contributed by atoms with van der Waals surface area (Å²) in [5.41, 5.74) is 1.92. The first kappa shape index (κ1) is 13.0. The third kappa shape index (κ3) is 2.65. The summed E-state index contributed by atoms with van der Waals surface area (Å²) < 4.78 is 14.5. The van der Waals surface area contributed by atoms with E-state index in [-0.39, 0.29) is 5.82 Å². The number of benzene rings is 2. The Morgan fingerprint density at radius 1 is 1.21 bits per heavy atom. The second kappa shape index (κ2) is 5.55. The molecule has 0 bridgehead atoms. The number of fused-ring (bicyclic) bond motifs is 1. The number of nitrogens with one attached hydrogen (secondary N) is 1. The number of anilines is 1. The first-order chi connectivity index (χ1) is 9.25. The van der Waals surface area contributed by atoms with Crippen LogP contribution in [0.2, 0.25) is 0 Å². The Bertz CT molecular complexity index is 582. The van der Waals surface area contributed by atoms with Crippen LogP contribution in [0.3, 0.4) is 0 Å². The highest BCUT2D eigenvalue weighted by atomic mass is 79.9. The number of rotatable bonds is 3. The maximum Gasteiger partial charge on any atom is 0.147 e. The minimum absolute atomic E-state index is 0.215. The van der Waals surface area contributed by atoms with Gasteiger partial charge >= 0.3 is 0 Å². The highest BCUT2D eigenvalue weighted by molar-refractivity contribution is 9.10. The van der Waals surface area contributed by atoms with E-state index in [1.165, 1.54) is 16.5 Å². The van der Waals surface area contributed by atoms with Crippen LogP contribution in [0.15, 0.2) is 51.8 Å². The van der Waals surface area contributed by atoms with Crippen molar-refractivity contribution < 1.29 is 4.39 Å². The first-order valence-corrected chi connectivity index (χ1v) is 7.93. The molecule has 1 N–H and O–H groups in total. The molecule has 0 saturated carbocycles. The van der Waals surface area contributed by atoms with Gasteiger partial charge in [0, 0.05) is 27.6 Å². The Morgan fingerprint density at radius 2 is 2.05 bits per heavy atom. The Hall–Kier alpha value is -1.00. The van der Waals surface area contributed by atoms with Gasteiger partial charge in [0.2, 0.25) is 0 Å². The van der Waals surface area contributed by atoms with Crippen molar-refractivity contribution in [2.45, 2.75) is 10.8 Å². The molecule has 0 amide bonds. The minimum Gasteiger partial charge on any atom is -0.381 e. The van der Waals surface area contributed by atoms with Crippen molar-refractivity contribution >= 4 is 33.4 Å². The molecule has 0 aromatic heterocycles. The second-order valence-electron chi connectivity index (χ2n) is 4.52. The summed E-state index contributed by atoms with van der Waals surface area (Å²) in [6.07, 6.45) is 0. The zero-order valence-corrected chi connectivity index (χ0v) is 12.6. The minimum atomic E-state index is -0.215. The average molecular weight is 338 g/mol. The molecular weight excluding hydrogens is 325 g/mol. The maximum atomic E-state index is 13.7. The summed E-state index contributed by atoms with van der Waals surface area (Å²) in [5.74, 6) is 1.28. The van der Waals surface area contributed by atoms with E-state index >= 15 is 0 Å². The average Bonchev–Trinajstić information content (AvgIpc) is 2.82. The molecule has 1 atom stereocenters. The molecular formula is C15H13BrFNS. The number of para-hydroxylation sites is 1. The molecule has 1 aliphatic rings. The summed E-state index contributed by atoms with van der Waals surface area (Å²) >= 11 is 5.25. The summed E-state index contributed by atoms with van der Waals surface area (Å²) in [4.78, 5) is 1.35. The lowest BCUT2D eigenvalue weighted by Crippen LogP contribution is -2.13. The molecule has 2 aromatic carbocycles. The van der Waals surface area contributed by atoms with E-state index in [1.54, 1.807) is 6.07 Å². The van der Waals surface area contributed by atoms with Crippen LogP contribution >= 0.6 is 27.7 Å². The van der Waals surface area contributed by atoms with Gasteiger partial charge in [-0.3, -0.25) is 0 Å². The summed E-state index contributed by atoms with van der Waals surface area (Å²) in [6.45, 7) is 0.754. The van der Waals surface area contributed by atoms with Crippen molar-refractivity contribution in [2.24, 2.45) is 0 Å². The van der Waals surface area contributed by atoms with Crippen LogP contribution in [0.4, 0.5) is 10.1 Å². The predicted molar refractivity (Wildman–Crippen MR) is 82.5 cm³/mol. The first-order valence-electron chi connectivity index (χ1n) is 6.15. The van der Waals surface area contributed by atoms with Crippen molar-refractivity contribution in [3.05, 3.63) is 58.3 Å². The molecule has 98 valence electrons. The lowest BCUT2D eigenvalue weighted by molar-refractivity contribution is 0.628. The van der Waals surface area contributed by atoms with Crippen LogP contribution in [0.5, 0.6) is 0 Å². The molecule has 1 heterocycles. The molecule has 3 rings (SSSR count). The fourth-order valence-corrected chi connectivity index (χ4v) is 4.03. The van der Waals surface area contributed by atoms with Gasteiger partial charge in [-0.15, -0.1) is 11.8 Å². The van der Waals surface area contributed by atoms with Crippen LogP contribution < -0.4 is 5.32 Å². The van der Waals surface area contributed by atoms with Gasteiger partial charge in [0.1, 0.15) is 5.82 Å². The van der Waals surface area contributed by atoms with Gasteiger partial charge in [0.15, 0.2) is 0 Å². The van der Waals surface area contributed by atoms with Gasteiger partial charge in [-0.1, -0.05) is 24.3 Å². The van der Waals surface area contributed by atoms with Gasteiger partial charge in [0.25, 0.3) is 0 Å². The summed E-state index contributed by atoms with van der Waals surface area (Å²) in [6, 6.07) is 13.5. The molecule has 0 spiro atoms. The quantitative estimate of drug-likeness (QED) is 0.855. The highest BCUT2D eigenvalue weighted by Crippen LogP contribution is 2.39. The van der Waals surface area contributed by atoms with Gasteiger partial charge in [-0.25, -0.2) is 4.39 Å². The molecule has 0 saturated heterocycles. The largest absolute Gasteiger partial charge is 0.381 e. The summed E-state index contributed by atoms with van der Waals surface area (Å²) in [7, 11) is 0. The van der Waals surface area contributed by atoms with Crippen LogP contribution in [0.1, 0.15) is 11.5 Å². The van der Waals surface area contributed by atoms with Crippen LogP contribution in [0, 0.1) is 5.82 Å². The van der Waals surface area contributed by atoms with E-state index in [0.29, 0.717) is 11.6 Å². The predicted octanol–water partition coefficient (Wildman–Crippen LogP) is 4.89. The zero-order chi connectivity index (χ0) is 13.2. The summed E-state index contributed by atoms with van der Waals surface area (Å²) in [5, 5.41) is 3.23. The van der Waals surface area contributed by atoms with Gasteiger partial charge in [-0.05, 0) is 39.7 Å². The molecule has 0 aliphatic carbocycles. The van der Waals surface area contributed by atoms with E-state index in [9.17, 15) is 4.39 Å². The van der Waals surface area contributed by atoms with E-state index in [4.69, 9.17) is 0 Å². The smallest absolute Gasteiger partial charge is 0.147 e. The second-order valence-corrected chi connectivity index (χ2v) is 6.44. The lowest BCUT2D eigenvalue weighted by Gasteiger charge is -2.14. The normalized spacial score (nSPS) is 17.3. The van der Waals surface area contributed by atoms with Crippen molar-refractivity contribution in [1.82, 2.24) is 0 Å². The van der Waals surface area contributed by atoms with Crippen LogP contribution in [-0.4, -0.2) is 12.3 Å². The Morgan fingerprint density at radius 3 is 2.89 bits per heavy atom. The van der Waals surface area contributed by atoms with Crippen LogP contribution in [0.25, 0.3) is 0 Å². The number of hydrogen-bond acceptors (Lipinski definition) is 2. The fraction of sp³-hybridized carbons (Fsp3) is 0.200. The standard InChI is InChI=1S/C15H13BrFNS/c16-12-5-3-6-13(17)15(12)18-8-10-9-19-14-7-2-1-4-11(10)14/h1-7,10,18H,8-9H2. The van der Waals surface area contributed by atoms with Crippen LogP contribution in [-0.2, 0) is 0 Å². The third-order valence-corrected chi connectivity index (χ3v) is 5.20. The van der Waals surface area contributed by atoms with E-state index < -0.39 is 0 Å². The molecule has 0 radical (unpaired) electrons. The molecule has 19 heavy (non-hydrogen) atoms. The van der Waals surface area contributed by atoms with E-state index in [1.807, 2.05) is 17.8 Å². The fourth-order valence-electron chi connectivity index (χ4n) is 2.29. The van der Waals surface area contributed by atoms with Crippen molar-refractivity contribution in [1.29, 1.82) is 0 Å². The highest BCUT2D eigenvalue weighted by Gasteiger charge is 2.22. The van der Waals surface area contributed by atoms with E-state index in [2.05, 4.69) is 45.5 Å². The van der Waals surface area contributed by atoms with Crippen molar-refractivity contribution in [3.8, 4) is 0 Å². The van der Waals surface area contributed by atoms with Gasteiger partial charge < -0.3 is 5.32 Å². The van der Waals surface area contributed by atoms with Gasteiger partial charge in [-0.2, -0.15) is 0 Å². The number of thioether (sulfide) groups is 1. The molecule has 1 unspecified atom stereocenters. The number of halogens is 2. The topological polar surface area (TPSA) is 12.0 Å². The van der Waals surface area contributed by atoms with Crippen molar-refractivity contribution in [2.75, 3.05) is 17.6 Å².